The van der Waals surface area contributed by atoms with Gasteiger partial charge < -0.3 is 10.2 Å². The molecule has 0 spiro atoms. The number of thiophene rings is 1. The molecule has 3 aromatic rings. The molecule has 1 saturated carbocycles. The number of hydrogen-bond acceptors (Lipinski definition) is 5. The average molecular weight is 358 g/mol. The van der Waals surface area contributed by atoms with Crippen LogP contribution in [0.25, 0.3) is 9.53 Å². The largest absolute Gasteiger partial charge is 0.354 e. The predicted molar refractivity (Wildman–Crippen MR) is 101 cm³/mol. The summed E-state index contributed by atoms with van der Waals surface area (Å²) in [5, 5.41) is 4.26. The fourth-order valence-electron chi connectivity index (χ4n) is 3.08. The summed E-state index contributed by atoms with van der Waals surface area (Å²) in [5.41, 5.74) is 1.01. The lowest BCUT2D eigenvalue weighted by Crippen LogP contribution is -2.50. The smallest absolute Gasteiger partial charge is 0.262 e. The van der Waals surface area contributed by atoms with Crippen LogP contribution in [0.3, 0.4) is 0 Å². The number of anilines is 1. The molecule has 1 N–H and O–H groups in total. The second-order valence-corrected chi connectivity index (χ2v) is 8.47. The minimum absolute atomic E-state index is 0.0140. The molecule has 0 atom stereocenters. The summed E-state index contributed by atoms with van der Waals surface area (Å²) in [6, 6.07) is 12.3. The maximum Gasteiger partial charge on any atom is 0.262 e. The van der Waals surface area contributed by atoms with E-state index in [-0.39, 0.29) is 11.4 Å². The van der Waals surface area contributed by atoms with Crippen molar-refractivity contribution in [2.45, 2.75) is 24.8 Å². The van der Waals surface area contributed by atoms with Crippen molar-refractivity contribution in [3.63, 3.8) is 0 Å². The molecular formula is C18H19N3OS2. The van der Waals surface area contributed by atoms with Crippen molar-refractivity contribution < 1.29 is 4.79 Å². The van der Waals surface area contributed by atoms with E-state index in [0.717, 1.165) is 38.8 Å². The molecule has 124 valence electrons. The molecule has 0 aliphatic heterocycles. The summed E-state index contributed by atoms with van der Waals surface area (Å²) in [6.07, 6.45) is 3.17. The van der Waals surface area contributed by atoms with Gasteiger partial charge in [0, 0.05) is 14.1 Å². The van der Waals surface area contributed by atoms with E-state index in [0.29, 0.717) is 0 Å². The van der Waals surface area contributed by atoms with Gasteiger partial charge in [-0.25, -0.2) is 4.98 Å². The van der Waals surface area contributed by atoms with Gasteiger partial charge in [0.25, 0.3) is 5.91 Å². The van der Waals surface area contributed by atoms with Crippen LogP contribution in [0, 0.1) is 0 Å². The molecule has 6 heteroatoms. The van der Waals surface area contributed by atoms with Crippen LogP contribution in [0.2, 0.25) is 0 Å². The topological polar surface area (TPSA) is 45.2 Å². The first-order valence-electron chi connectivity index (χ1n) is 8.03. The highest BCUT2D eigenvalue weighted by molar-refractivity contribution is 7.29. The standard InChI is InChI=1S/C18H19N3OS2/c1-21(2)17-19-16-14(24-17)11-13(23-16)15(22)20-18(9-6-10-18)12-7-4-3-5-8-12/h3-5,7-8,11H,6,9-10H2,1-2H3,(H,20,22). The number of aromatic nitrogens is 1. The Balaban J connectivity index is 1.58. The van der Waals surface area contributed by atoms with Crippen molar-refractivity contribution in [2.75, 3.05) is 19.0 Å². The van der Waals surface area contributed by atoms with Crippen molar-refractivity contribution in [2.24, 2.45) is 0 Å². The molecule has 0 saturated heterocycles. The van der Waals surface area contributed by atoms with E-state index in [2.05, 4.69) is 22.4 Å². The molecule has 1 fully saturated rings. The Morgan fingerprint density at radius 2 is 1.96 bits per heavy atom. The molecular weight excluding hydrogens is 338 g/mol. The quantitative estimate of drug-likeness (QED) is 0.760. The number of nitrogens with one attached hydrogen (secondary N) is 1. The lowest BCUT2D eigenvalue weighted by molar-refractivity contribution is 0.0827. The van der Waals surface area contributed by atoms with E-state index in [9.17, 15) is 4.79 Å². The molecule has 24 heavy (non-hydrogen) atoms. The Labute approximate surface area is 149 Å². The van der Waals surface area contributed by atoms with E-state index in [1.807, 2.05) is 43.3 Å². The highest BCUT2D eigenvalue weighted by atomic mass is 32.1. The number of thiazole rings is 1. The highest BCUT2D eigenvalue weighted by Gasteiger charge is 2.40. The molecule has 0 unspecified atom stereocenters. The van der Waals surface area contributed by atoms with Crippen molar-refractivity contribution in [3.8, 4) is 0 Å². The van der Waals surface area contributed by atoms with E-state index in [4.69, 9.17) is 0 Å². The fourth-order valence-corrected chi connectivity index (χ4v) is 5.11. The lowest BCUT2D eigenvalue weighted by Gasteiger charge is -2.43. The normalized spacial score (nSPS) is 15.9. The highest BCUT2D eigenvalue weighted by Crippen LogP contribution is 2.42. The van der Waals surface area contributed by atoms with Gasteiger partial charge in [-0.3, -0.25) is 4.79 Å². The molecule has 2 aromatic heterocycles. The number of carbonyl (C=O) groups is 1. The summed E-state index contributed by atoms with van der Waals surface area (Å²) in [7, 11) is 3.96. The van der Waals surface area contributed by atoms with Gasteiger partial charge in [0.05, 0.1) is 15.1 Å². The van der Waals surface area contributed by atoms with Crippen LogP contribution in [-0.4, -0.2) is 25.0 Å². The lowest BCUT2D eigenvalue weighted by atomic mass is 9.72. The second-order valence-electron chi connectivity index (χ2n) is 6.43. The molecule has 4 rings (SSSR count). The minimum Gasteiger partial charge on any atom is -0.354 e. The van der Waals surface area contributed by atoms with Crippen LogP contribution < -0.4 is 10.2 Å². The maximum atomic E-state index is 12.8. The van der Waals surface area contributed by atoms with Gasteiger partial charge in [0.1, 0.15) is 4.83 Å². The predicted octanol–water partition coefficient (Wildman–Crippen LogP) is 4.23. The van der Waals surface area contributed by atoms with Gasteiger partial charge in [-0.05, 0) is 30.9 Å². The third-order valence-electron chi connectivity index (χ3n) is 4.57. The molecule has 1 aromatic carbocycles. The zero-order valence-electron chi connectivity index (χ0n) is 13.7. The zero-order chi connectivity index (χ0) is 16.7. The van der Waals surface area contributed by atoms with E-state index < -0.39 is 0 Å². The van der Waals surface area contributed by atoms with Crippen molar-refractivity contribution in [3.05, 3.63) is 46.8 Å². The van der Waals surface area contributed by atoms with Crippen molar-refractivity contribution in [1.82, 2.24) is 10.3 Å². The monoisotopic (exact) mass is 357 g/mol. The summed E-state index contributed by atoms with van der Waals surface area (Å²) in [5.74, 6) is 0.0140. The van der Waals surface area contributed by atoms with Gasteiger partial charge in [0.15, 0.2) is 5.13 Å². The third kappa shape index (κ3) is 2.59. The molecule has 1 amide bonds. The fraction of sp³-hybridized carbons (Fsp3) is 0.333. The first-order chi connectivity index (χ1) is 11.6. The van der Waals surface area contributed by atoms with Gasteiger partial charge in [-0.1, -0.05) is 41.7 Å². The number of hydrogen-bond donors (Lipinski definition) is 1. The van der Waals surface area contributed by atoms with E-state index in [1.165, 1.54) is 16.9 Å². The first kappa shape index (κ1) is 15.6. The van der Waals surface area contributed by atoms with E-state index >= 15 is 0 Å². The van der Waals surface area contributed by atoms with Crippen LogP contribution in [0.1, 0.15) is 34.5 Å². The maximum absolute atomic E-state index is 12.8. The van der Waals surface area contributed by atoms with Crippen molar-refractivity contribution in [1.29, 1.82) is 0 Å². The van der Waals surface area contributed by atoms with E-state index in [1.54, 1.807) is 11.3 Å². The Hall–Kier alpha value is -1.92. The van der Waals surface area contributed by atoms with Crippen LogP contribution in [-0.2, 0) is 5.54 Å². The number of fused-ring (bicyclic) bond motifs is 1. The van der Waals surface area contributed by atoms with Crippen molar-refractivity contribution >= 4 is 43.2 Å². The Bertz CT molecular complexity index is 847. The minimum atomic E-state index is -0.196. The molecule has 0 radical (unpaired) electrons. The van der Waals surface area contributed by atoms with Gasteiger partial charge in [0.2, 0.25) is 0 Å². The second kappa shape index (κ2) is 5.86. The SMILES string of the molecule is CN(C)c1nc2sc(C(=O)NC3(c4ccccc4)CCC3)cc2s1. The zero-order valence-corrected chi connectivity index (χ0v) is 15.3. The number of rotatable bonds is 4. The molecule has 1 aliphatic carbocycles. The molecule has 0 bridgehead atoms. The Kier molecular flexibility index (Phi) is 3.81. The summed E-state index contributed by atoms with van der Waals surface area (Å²) in [4.78, 5) is 21.0. The number of benzene rings is 1. The number of amides is 1. The number of carbonyl (C=O) groups excluding carboxylic acids is 1. The van der Waals surface area contributed by atoms with Crippen LogP contribution in [0.15, 0.2) is 36.4 Å². The van der Waals surface area contributed by atoms with Crippen LogP contribution in [0.4, 0.5) is 5.13 Å². The van der Waals surface area contributed by atoms with Crippen LogP contribution in [0.5, 0.6) is 0 Å². The molecule has 1 aliphatic rings. The Morgan fingerprint density at radius 3 is 2.54 bits per heavy atom. The summed E-state index contributed by atoms with van der Waals surface area (Å²) in [6.45, 7) is 0. The first-order valence-corrected chi connectivity index (χ1v) is 9.66. The number of nitrogens with zero attached hydrogens (tertiary/aromatic N) is 2. The third-order valence-corrected chi connectivity index (χ3v) is 6.90. The molecule has 2 heterocycles. The average Bonchev–Trinajstić information content (AvgIpc) is 3.10. The molecule has 4 nitrogen and oxygen atoms in total. The van der Waals surface area contributed by atoms with Gasteiger partial charge in [-0.2, -0.15) is 0 Å². The van der Waals surface area contributed by atoms with Gasteiger partial charge >= 0.3 is 0 Å². The van der Waals surface area contributed by atoms with Gasteiger partial charge in [-0.15, -0.1) is 11.3 Å². The van der Waals surface area contributed by atoms with Crippen LogP contribution >= 0.6 is 22.7 Å². The summed E-state index contributed by atoms with van der Waals surface area (Å²) >= 11 is 3.10. The summed E-state index contributed by atoms with van der Waals surface area (Å²) < 4.78 is 1.08. The Morgan fingerprint density at radius 1 is 1.21 bits per heavy atom.